The molecule has 0 spiro atoms. The highest BCUT2D eigenvalue weighted by Crippen LogP contribution is 2.27. The number of hydrogen-bond donors (Lipinski definition) is 3. The molecule has 2 aliphatic rings. The van der Waals surface area contributed by atoms with Gasteiger partial charge in [0.05, 0.1) is 12.1 Å². The highest BCUT2D eigenvalue weighted by Gasteiger charge is 2.27. The molecule has 3 atom stereocenters. The van der Waals surface area contributed by atoms with Crippen LogP contribution in [0.15, 0.2) is 0 Å². The van der Waals surface area contributed by atoms with Crippen molar-refractivity contribution in [2.24, 2.45) is 5.92 Å². The van der Waals surface area contributed by atoms with Crippen molar-refractivity contribution in [2.45, 2.75) is 76.5 Å². The van der Waals surface area contributed by atoms with Gasteiger partial charge in [-0.1, -0.05) is 19.3 Å². The molecule has 2 fully saturated rings. The molecular weight excluding hydrogens is 268 g/mol. The van der Waals surface area contributed by atoms with Crippen LogP contribution in [0.4, 0.5) is 4.79 Å². The first-order chi connectivity index (χ1) is 10.2. The lowest BCUT2D eigenvalue weighted by Crippen LogP contribution is -2.51. The molecule has 2 amide bonds. The van der Waals surface area contributed by atoms with E-state index in [-0.39, 0.29) is 30.8 Å². The third-order valence-corrected chi connectivity index (χ3v) is 4.86. The third kappa shape index (κ3) is 5.15. The molecule has 122 valence electrons. The van der Waals surface area contributed by atoms with Crippen molar-refractivity contribution in [3.05, 3.63) is 0 Å². The van der Waals surface area contributed by atoms with Crippen molar-refractivity contribution >= 4 is 6.03 Å². The average molecular weight is 298 g/mol. The predicted octanol–water partition coefficient (Wildman–Crippen LogP) is 2.18. The lowest BCUT2D eigenvalue weighted by Gasteiger charge is -2.31. The largest absolute Gasteiger partial charge is 0.396 e. The molecule has 5 nitrogen and oxygen atoms in total. The third-order valence-electron chi connectivity index (χ3n) is 4.86. The second kappa shape index (κ2) is 8.59. The van der Waals surface area contributed by atoms with Crippen molar-refractivity contribution in [2.75, 3.05) is 13.2 Å². The number of nitrogens with one attached hydrogen (secondary N) is 2. The Bertz CT molecular complexity index is 313. The van der Waals surface area contributed by atoms with Crippen LogP contribution in [0.2, 0.25) is 0 Å². The summed E-state index contributed by atoms with van der Waals surface area (Å²) >= 11 is 0. The summed E-state index contributed by atoms with van der Waals surface area (Å²) in [5, 5.41) is 15.3. The summed E-state index contributed by atoms with van der Waals surface area (Å²) in [6, 6.07) is 0.00246. The summed E-state index contributed by atoms with van der Waals surface area (Å²) in [7, 11) is 0. The molecule has 3 N–H and O–H groups in total. The highest BCUT2D eigenvalue weighted by molar-refractivity contribution is 5.74. The van der Waals surface area contributed by atoms with Crippen LogP contribution in [0.5, 0.6) is 0 Å². The van der Waals surface area contributed by atoms with Gasteiger partial charge < -0.3 is 20.5 Å². The number of carbonyl (C=O) groups is 1. The minimum absolute atomic E-state index is 0.0358. The van der Waals surface area contributed by atoms with Crippen molar-refractivity contribution in [3.8, 4) is 0 Å². The normalized spacial score (nSPS) is 26.3. The van der Waals surface area contributed by atoms with Crippen LogP contribution in [0.3, 0.4) is 0 Å². The van der Waals surface area contributed by atoms with Gasteiger partial charge in [0.1, 0.15) is 0 Å². The van der Waals surface area contributed by atoms with E-state index in [9.17, 15) is 9.90 Å². The molecule has 1 aliphatic heterocycles. The van der Waals surface area contributed by atoms with Gasteiger partial charge >= 0.3 is 6.03 Å². The van der Waals surface area contributed by atoms with Crippen LogP contribution < -0.4 is 10.6 Å². The maximum atomic E-state index is 12.2. The molecule has 21 heavy (non-hydrogen) atoms. The van der Waals surface area contributed by atoms with Crippen LogP contribution in [0.1, 0.15) is 58.3 Å². The number of amides is 2. The maximum absolute atomic E-state index is 12.2. The number of ether oxygens (including phenoxy) is 1. The van der Waals surface area contributed by atoms with Crippen molar-refractivity contribution in [1.82, 2.24) is 10.6 Å². The Morgan fingerprint density at radius 3 is 2.57 bits per heavy atom. The average Bonchev–Trinajstić information content (AvgIpc) is 3.02. The first-order valence-corrected chi connectivity index (χ1v) is 8.50. The topological polar surface area (TPSA) is 70.6 Å². The second-order valence-corrected chi connectivity index (χ2v) is 6.47. The Balaban J connectivity index is 1.79. The summed E-state index contributed by atoms with van der Waals surface area (Å²) in [6.07, 6.45) is 8.97. The smallest absolute Gasteiger partial charge is 0.315 e. The molecule has 0 aromatic carbocycles. The minimum atomic E-state index is -0.123. The van der Waals surface area contributed by atoms with E-state index < -0.39 is 0 Å². The summed E-state index contributed by atoms with van der Waals surface area (Å²) in [6.45, 7) is 2.92. The molecule has 5 heteroatoms. The fraction of sp³-hybridized carbons (Fsp3) is 0.938. The van der Waals surface area contributed by atoms with E-state index in [1.807, 2.05) is 6.92 Å². The quantitative estimate of drug-likeness (QED) is 0.704. The molecule has 1 saturated carbocycles. The van der Waals surface area contributed by atoms with Gasteiger partial charge in [0.2, 0.25) is 0 Å². The zero-order chi connectivity index (χ0) is 15.1. The number of urea groups is 1. The number of rotatable bonds is 6. The van der Waals surface area contributed by atoms with Gasteiger partial charge in [-0.3, -0.25) is 0 Å². The number of aliphatic hydroxyl groups is 1. The Kier molecular flexibility index (Phi) is 6.77. The number of aliphatic hydroxyl groups excluding tert-OH is 1. The van der Waals surface area contributed by atoms with Crippen LogP contribution >= 0.6 is 0 Å². The van der Waals surface area contributed by atoms with E-state index in [0.717, 1.165) is 32.3 Å². The van der Waals surface area contributed by atoms with Crippen LogP contribution in [-0.2, 0) is 4.74 Å². The zero-order valence-corrected chi connectivity index (χ0v) is 13.1. The molecule has 1 saturated heterocycles. The molecular formula is C16H30N2O3. The van der Waals surface area contributed by atoms with E-state index in [0.29, 0.717) is 12.3 Å². The minimum Gasteiger partial charge on any atom is -0.396 e. The van der Waals surface area contributed by atoms with E-state index in [2.05, 4.69) is 10.6 Å². The molecule has 2 rings (SSSR count). The van der Waals surface area contributed by atoms with Crippen molar-refractivity contribution in [1.29, 1.82) is 0 Å². The van der Waals surface area contributed by atoms with E-state index in [1.54, 1.807) is 0 Å². The second-order valence-electron chi connectivity index (χ2n) is 6.47. The summed E-state index contributed by atoms with van der Waals surface area (Å²) < 4.78 is 5.60. The molecule has 0 bridgehead atoms. The Morgan fingerprint density at radius 1 is 1.19 bits per heavy atom. The van der Waals surface area contributed by atoms with Gasteiger partial charge in [-0.25, -0.2) is 4.79 Å². The SMILES string of the molecule is CC(NC(=O)NC(CCO)C1CCCCC1)C1CCCO1. The van der Waals surface area contributed by atoms with Gasteiger partial charge in [0, 0.05) is 19.3 Å². The lowest BCUT2D eigenvalue weighted by atomic mass is 9.83. The number of carbonyl (C=O) groups excluding carboxylic acids is 1. The summed E-state index contributed by atoms with van der Waals surface area (Å²) in [4.78, 5) is 12.2. The standard InChI is InChI=1S/C16H30N2O3/c1-12(15-8-5-11-21-15)17-16(20)18-14(9-10-19)13-6-3-2-4-7-13/h12-15,19H,2-11H2,1H3,(H2,17,18,20). The Morgan fingerprint density at radius 2 is 1.95 bits per heavy atom. The first-order valence-electron chi connectivity index (χ1n) is 8.50. The van der Waals surface area contributed by atoms with Crippen LogP contribution in [0, 0.1) is 5.92 Å². The zero-order valence-electron chi connectivity index (χ0n) is 13.1. The highest BCUT2D eigenvalue weighted by atomic mass is 16.5. The van der Waals surface area contributed by atoms with Crippen LogP contribution in [0.25, 0.3) is 0 Å². The van der Waals surface area contributed by atoms with Gasteiger partial charge in [0.15, 0.2) is 0 Å². The first kappa shape index (κ1) is 16.6. The molecule has 0 aromatic heterocycles. The molecule has 1 heterocycles. The Labute approximate surface area is 127 Å². The summed E-state index contributed by atoms with van der Waals surface area (Å²) in [5.74, 6) is 0.509. The fourth-order valence-corrected chi connectivity index (χ4v) is 3.61. The van der Waals surface area contributed by atoms with Gasteiger partial charge in [-0.05, 0) is 44.9 Å². The van der Waals surface area contributed by atoms with E-state index in [4.69, 9.17) is 4.74 Å². The molecule has 0 aromatic rings. The van der Waals surface area contributed by atoms with Gasteiger partial charge in [0.25, 0.3) is 0 Å². The monoisotopic (exact) mass is 298 g/mol. The predicted molar refractivity (Wildman–Crippen MR) is 82.2 cm³/mol. The molecule has 3 unspecified atom stereocenters. The maximum Gasteiger partial charge on any atom is 0.315 e. The lowest BCUT2D eigenvalue weighted by molar-refractivity contribution is 0.0854. The summed E-state index contributed by atoms with van der Waals surface area (Å²) in [5.41, 5.74) is 0. The van der Waals surface area contributed by atoms with E-state index in [1.165, 1.54) is 19.3 Å². The van der Waals surface area contributed by atoms with Crippen LogP contribution in [-0.4, -0.2) is 42.5 Å². The van der Waals surface area contributed by atoms with Gasteiger partial charge in [-0.15, -0.1) is 0 Å². The Hall–Kier alpha value is -0.810. The van der Waals surface area contributed by atoms with Crippen molar-refractivity contribution in [3.63, 3.8) is 0 Å². The number of hydrogen-bond acceptors (Lipinski definition) is 3. The fourth-order valence-electron chi connectivity index (χ4n) is 3.61. The molecule has 0 radical (unpaired) electrons. The van der Waals surface area contributed by atoms with Crippen molar-refractivity contribution < 1.29 is 14.6 Å². The molecule has 1 aliphatic carbocycles. The van der Waals surface area contributed by atoms with Gasteiger partial charge in [-0.2, -0.15) is 0 Å². The van der Waals surface area contributed by atoms with E-state index >= 15 is 0 Å².